The number of hydrogen-bond acceptors (Lipinski definition) is 6. The Hall–Kier alpha value is -3.94. The number of carbonyl (C=O) groups is 1. The van der Waals surface area contributed by atoms with Crippen LogP contribution in [-0.2, 0) is 6.54 Å². The zero-order valence-electron chi connectivity index (χ0n) is 20.7. The van der Waals surface area contributed by atoms with Crippen LogP contribution in [0.1, 0.15) is 28.6 Å². The average Bonchev–Trinajstić information content (AvgIpc) is 3.62. The molecular weight excluding hydrogens is 478 g/mol. The average molecular weight is 508 g/mol. The van der Waals surface area contributed by atoms with Crippen LogP contribution in [0.4, 0.5) is 0 Å². The lowest BCUT2D eigenvalue weighted by Gasteiger charge is -2.16. The third kappa shape index (κ3) is 6.07. The lowest BCUT2D eigenvalue weighted by atomic mass is 10.0. The second-order valence-electron chi connectivity index (χ2n) is 9.33. The number of amides is 1. The molecule has 186 valence electrons. The Kier molecular flexibility index (Phi) is 7.63. The Bertz CT molecular complexity index is 1470. The number of aromatic nitrogens is 3. The van der Waals surface area contributed by atoms with Gasteiger partial charge >= 0.3 is 0 Å². The fraction of sp³-hybridized carbons (Fsp3) is 0.200. The van der Waals surface area contributed by atoms with Crippen LogP contribution >= 0.6 is 11.3 Å². The molecule has 0 aliphatic carbocycles. The Morgan fingerprint density at radius 3 is 2.05 bits per heavy atom. The molecule has 3 aromatic carbocycles. The van der Waals surface area contributed by atoms with Crippen LogP contribution in [0.2, 0.25) is 0 Å². The molecule has 2 aromatic heterocycles. The minimum absolute atomic E-state index is 0.410. The number of nitrogens with zero attached hydrogens (tertiary/aromatic N) is 4. The maximum Gasteiger partial charge on any atom is 0.260 e. The quantitative estimate of drug-likeness (QED) is 0.313. The normalized spacial score (nSPS) is 15.3. The van der Waals surface area contributed by atoms with E-state index in [9.17, 15) is 4.79 Å². The molecule has 1 fully saturated rings. The summed E-state index contributed by atoms with van der Waals surface area (Å²) in [7, 11) is 0. The number of likely N-dealkylation sites (tertiary alicyclic amines) is 1. The molecule has 1 aliphatic rings. The van der Waals surface area contributed by atoms with Gasteiger partial charge < -0.3 is 5.73 Å². The van der Waals surface area contributed by atoms with Gasteiger partial charge in [-0.05, 0) is 36.6 Å². The summed E-state index contributed by atoms with van der Waals surface area (Å²) < 4.78 is 0. The van der Waals surface area contributed by atoms with Crippen molar-refractivity contribution in [1.29, 1.82) is 0 Å². The first-order chi connectivity index (χ1) is 18.1. The van der Waals surface area contributed by atoms with Gasteiger partial charge in [-0.15, -0.1) is 11.3 Å². The molecule has 0 saturated carbocycles. The largest absolute Gasteiger partial charge is 0.365 e. The number of thiazole rings is 1. The molecule has 6 nitrogen and oxygen atoms in total. The van der Waals surface area contributed by atoms with Crippen molar-refractivity contribution in [2.45, 2.75) is 19.9 Å². The van der Waals surface area contributed by atoms with Crippen LogP contribution in [0, 0.1) is 5.92 Å². The minimum atomic E-state index is -0.410. The van der Waals surface area contributed by atoms with Gasteiger partial charge in [-0.3, -0.25) is 14.7 Å². The number of hydrogen-bond donors (Lipinski definition) is 1. The second-order valence-corrected chi connectivity index (χ2v) is 10.2. The lowest BCUT2D eigenvalue weighted by Crippen LogP contribution is -2.19. The molecule has 1 saturated heterocycles. The van der Waals surface area contributed by atoms with Crippen molar-refractivity contribution < 1.29 is 4.79 Å². The van der Waals surface area contributed by atoms with Gasteiger partial charge in [-0.25, -0.2) is 9.97 Å². The van der Waals surface area contributed by atoms with Crippen molar-refractivity contribution in [3.8, 4) is 22.5 Å². The SMILES string of the molecule is C[C@@H]1CCN(Cc2ccc(-c3nc4ccccc4nc3-c3ccccc3)cc2)C1.NC(=O)c1cncs1. The fourth-order valence-electron chi connectivity index (χ4n) is 4.53. The summed E-state index contributed by atoms with van der Waals surface area (Å²) in [5, 5.41) is 0. The summed E-state index contributed by atoms with van der Waals surface area (Å²) in [6, 6.07) is 27.3. The summed E-state index contributed by atoms with van der Waals surface area (Å²) in [5.74, 6) is 0.406. The first kappa shape index (κ1) is 24.7. The summed E-state index contributed by atoms with van der Waals surface area (Å²) in [6.07, 6.45) is 2.76. The first-order valence-electron chi connectivity index (χ1n) is 12.4. The summed E-state index contributed by atoms with van der Waals surface area (Å²) >= 11 is 1.25. The minimum Gasteiger partial charge on any atom is -0.365 e. The number of para-hydroxylation sites is 2. The highest BCUT2D eigenvalue weighted by Gasteiger charge is 2.19. The Morgan fingerprint density at radius 2 is 1.54 bits per heavy atom. The standard InChI is InChI=1S/C26H25N3.C4H4N2OS/c1-19-15-16-29(17-19)18-20-11-13-22(14-12-20)26-25(21-7-3-2-4-8-21)27-23-9-5-6-10-24(23)28-26;5-4(7)3-1-6-2-8-3/h2-14,19H,15-18H2,1H3;1-2H,(H2,5,7)/t19-;/m1./s1. The first-order valence-corrected chi connectivity index (χ1v) is 13.3. The van der Waals surface area contributed by atoms with Crippen LogP contribution < -0.4 is 5.73 Å². The van der Waals surface area contributed by atoms with E-state index in [0.717, 1.165) is 46.0 Å². The van der Waals surface area contributed by atoms with E-state index in [0.29, 0.717) is 4.88 Å². The van der Waals surface area contributed by atoms with Crippen molar-refractivity contribution in [3.63, 3.8) is 0 Å². The van der Waals surface area contributed by atoms with E-state index in [-0.39, 0.29) is 0 Å². The van der Waals surface area contributed by atoms with Crippen LogP contribution in [0.15, 0.2) is 90.6 Å². The van der Waals surface area contributed by atoms with E-state index in [1.807, 2.05) is 30.3 Å². The maximum absolute atomic E-state index is 10.3. The maximum atomic E-state index is 10.3. The molecule has 1 atom stereocenters. The topological polar surface area (TPSA) is 85.0 Å². The highest BCUT2D eigenvalue weighted by molar-refractivity contribution is 7.11. The number of carbonyl (C=O) groups excluding carboxylic acids is 1. The zero-order chi connectivity index (χ0) is 25.6. The van der Waals surface area contributed by atoms with Crippen LogP contribution in [-0.4, -0.2) is 38.8 Å². The van der Waals surface area contributed by atoms with Crippen LogP contribution in [0.5, 0.6) is 0 Å². The summed E-state index contributed by atoms with van der Waals surface area (Å²) in [4.78, 5) is 26.9. The molecule has 1 aliphatic heterocycles. The van der Waals surface area contributed by atoms with Gasteiger partial charge in [0.1, 0.15) is 4.88 Å². The Labute approximate surface area is 220 Å². The van der Waals surface area contributed by atoms with Gasteiger partial charge in [-0.1, -0.05) is 73.7 Å². The third-order valence-corrected chi connectivity index (χ3v) is 7.22. The zero-order valence-corrected chi connectivity index (χ0v) is 21.6. The third-order valence-electron chi connectivity index (χ3n) is 6.43. The second kappa shape index (κ2) is 11.4. The van der Waals surface area contributed by atoms with E-state index in [1.54, 1.807) is 5.51 Å². The van der Waals surface area contributed by atoms with Gasteiger partial charge in [0, 0.05) is 24.2 Å². The molecule has 0 spiro atoms. The van der Waals surface area contributed by atoms with E-state index in [4.69, 9.17) is 15.7 Å². The predicted octanol–water partition coefficient (Wildman–Crippen LogP) is 6.05. The Balaban J connectivity index is 0.000000301. The van der Waals surface area contributed by atoms with Gasteiger partial charge in [-0.2, -0.15) is 0 Å². The molecule has 6 rings (SSSR count). The predicted molar refractivity (Wildman–Crippen MR) is 150 cm³/mol. The fourth-order valence-corrected chi connectivity index (χ4v) is 5.01. The van der Waals surface area contributed by atoms with E-state index in [1.165, 1.54) is 42.6 Å². The molecule has 5 aromatic rings. The lowest BCUT2D eigenvalue weighted by molar-refractivity contribution is 0.100. The Morgan fingerprint density at radius 1 is 0.919 bits per heavy atom. The molecule has 1 amide bonds. The molecule has 7 heteroatoms. The number of primary amides is 1. The van der Waals surface area contributed by atoms with Crippen molar-refractivity contribution in [2.24, 2.45) is 11.7 Å². The van der Waals surface area contributed by atoms with Gasteiger partial charge in [0.05, 0.1) is 34.1 Å². The van der Waals surface area contributed by atoms with Crippen LogP contribution in [0.3, 0.4) is 0 Å². The van der Waals surface area contributed by atoms with E-state index >= 15 is 0 Å². The highest BCUT2D eigenvalue weighted by Crippen LogP contribution is 2.31. The molecule has 37 heavy (non-hydrogen) atoms. The molecular formula is C30H29N5OS. The van der Waals surface area contributed by atoms with Gasteiger partial charge in [0.25, 0.3) is 5.91 Å². The number of rotatable bonds is 5. The molecule has 0 bridgehead atoms. The molecule has 0 unspecified atom stereocenters. The molecule has 3 heterocycles. The molecule has 0 radical (unpaired) electrons. The van der Waals surface area contributed by atoms with Crippen molar-refractivity contribution >= 4 is 28.3 Å². The number of fused-ring (bicyclic) bond motifs is 1. The van der Waals surface area contributed by atoms with E-state index in [2.05, 4.69) is 65.3 Å². The smallest absolute Gasteiger partial charge is 0.260 e. The van der Waals surface area contributed by atoms with Gasteiger partial charge in [0.2, 0.25) is 0 Å². The summed E-state index contributed by atoms with van der Waals surface area (Å²) in [5.41, 5.74) is 13.8. The highest BCUT2D eigenvalue weighted by atomic mass is 32.1. The van der Waals surface area contributed by atoms with E-state index < -0.39 is 5.91 Å². The van der Waals surface area contributed by atoms with Crippen LogP contribution in [0.25, 0.3) is 33.5 Å². The van der Waals surface area contributed by atoms with Crippen molar-refractivity contribution in [1.82, 2.24) is 19.9 Å². The monoisotopic (exact) mass is 507 g/mol. The molecule has 2 N–H and O–H groups in total. The van der Waals surface area contributed by atoms with Crippen molar-refractivity contribution in [3.05, 3.63) is 101 Å². The van der Waals surface area contributed by atoms with Gasteiger partial charge in [0.15, 0.2) is 0 Å². The number of nitrogens with two attached hydrogens (primary N) is 1. The summed E-state index contributed by atoms with van der Waals surface area (Å²) in [6.45, 7) is 5.78. The van der Waals surface area contributed by atoms with Crippen molar-refractivity contribution in [2.75, 3.05) is 13.1 Å². The number of benzene rings is 3.